The summed E-state index contributed by atoms with van der Waals surface area (Å²) in [4.78, 5) is 27.1. The fourth-order valence-corrected chi connectivity index (χ4v) is 4.82. The number of cyclic esters (lactones) is 1. The Balaban J connectivity index is 1.29. The number of hydrogen-bond acceptors (Lipinski definition) is 6. The van der Waals surface area contributed by atoms with Gasteiger partial charge in [-0.2, -0.15) is 5.10 Å². The minimum atomic E-state index is -0.718. The summed E-state index contributed by atoms with van der Waals surface area (Å²) in [6.45, 7) is 2.22. The van der Waals surface area contributed by atoms with Crippen molar-refractivity contribution in [2.75, 3.05) is 24.5 Å². The second kappa shape index (κ2) is 9.47. The van der Waals surface area contributed by atoms with Crippen molar-refractivity contribution in [1.29, 1.82) is 0 Å². The Hall–Kier alpha value is -3.37. The third-order valence-corrected chi connectivity index (χ3v) is 6.62. The first-order valence-electron chi connectivity index (χ1n) is 10.9. The van der Waals surface area contributed by atoms with Gasteiger partial charge in [-0.25, -0.2) is 18.3 Å². The van der Waals surface area contributed by atoms with E-state index in [2.05, 4.69) is 22.1 Å². The summed E-state index contributed by atoms with van der Waals surface area (Å²) in [5, 5.41) is 3.91. The molecule has 1 saturated heterocycles. The Morgan fingerprint density at radius 1 is 1.12 bits per heavy atom. The lowest BCUT2D eigenvalue weighted by Crippen LogP contribution is -2.29. The van der Waals surface area contributed by atoms with Crippen LogP contribution in [0.15, 0.2) is 58.8 Å². The molecule has 176 valence electrons. The van der Waals surface area contributed by atoms with E-state index in [1.807, 2.05) is 24.3 Å². The molecule has 0 saturated carbocycles. The van der Waals surface area contributed by atoms with Gasteiger partial charge in [-0.05, 0) is 29.7 Å². The number of benzene rings is 2. The van der Waals surface area contributed by atoms with Crippen LogP contribution >= 0.6 is 11.3 Å². The van der Waals surface area contributed by atoms with E-state index in [1.54, 1.807) is 0 Å². The maximum atomic E-state index is 15.0. The van der Waals surface area contributed by atoms with Gasteiger partial charge in [0, 0.05) is 25.2 Å². The molecule has 3 aromatic rings. The van der Waals surface area contributed by atoms with E-state index in [1.165, 1.54) is 20.7 Å². The SMILES string of the molecule is O=C1O[C@@H](Cn2ncsc2=O)CN1c1cc(F)c(C2=CCN(Cc3ccccc3)CC2)c(F)c1. The van der Waals surface area contributed by atoms with Crippen molar-refractivity contribution in [3.8, 4) is 0 Å². The lowest BCUT2D eigenvalue weighted by atomic mass is 9.97. The second-order valence-electron chi connectivity index (χ2n) is 8.29. The van der Waals surface area contributed by atoms with Crippen molar-refractivity contribution in [2.24, 2.45) is 0 Å². The highest BCUT2D eigenvalue weighted by atomic mass is 32.1. The number of amides is 1. The van der Waals surface area contributed by atoms with Gasteiger partial charge in [0.25, 0.3) is 0 Å². The molecule has 7 nitrogen and oxygen atoms in total. The summed E-state index contributed by atoms with van der Waals surface area (Å²) >= 11 is 0.940. The summed E-state index contributed by atoms with van der Waals surface area (Å²) in [6, 6.07) is 12.4. The Kier molecular flexibility index (Phi) is 6.25. The van der Waals surface area contributed by atoms with Crippen molar-refractivity contribution in [1.82, 2.24) is 14.7 Å². The molecule has 2 aliphatic rings. The van der Waals surface area contributed by atoms with E-state index in [0.29, 0.717) is 25.1 Å². The highest BCUT2D eigenvalue weighted by Gasteiger charge is 2.34. The van der Waals surface area contributed by atoms with Crippen molar-refractivity contribution in [3.05, 3.63) is 86.5 Å². The van der Waals surface area contributed by atoms with Crippen LogP contribution in [0.4, 0.5) is 19.3 Å². The largest absolute Gasteiger partial charge is 0.442 e. The topological polar surface area (TPSA) is 67.7 Å². The van der Waals surface area contributed by atoms with Crippen LogP contribution in [0.2, 0.25) is 0 Å². The van der Waals surface area contributed by atoms with Crippen LogP contribution in [-0.2, 0) is 17.8 Å². The zero-order chi connectivity index (χ0) is 23.7. The standard InChI is InChI=1S/C24H22F2N4O3S/c25-20-10-18(29-13-19(33-23(29)31)14-30-24(32)34-15-27-30)11-21(26)22(20)17-6-8-28(9-7-17)12-16-4-2-1-3-5-16/h1-6,10-11,15,19H,7-9,12-14H2/t19-/m1/s1. The molecule has 2 aromatic carbocycles. The highest BCUT2D eigenvalue weighted by molar-refractivity contribution is 7.06. The number of ether oxygens (including phenoxy) is 1. The number of aromatic nitrogens is 2. The molecule has 1 aromatic heterocycles. The number of hydrogen-bond donors (Lipinski definition) is 0. The van der Waals surface area contributed by atoms with E-state index in [0.717, 1.165) is 30.0 Å². The molecule has 0 radical (unpaired) electrons. The number of nitrogens with zero attached hydrogens (tertiary/aromatic N) is 4. The number of halogens is 2. The zero-order valence-corrected chi connectivity index (χ0v) is 19.0. The molecule has 0 spiro atoms. The fourth-order valence-electron chi connectivity index (χ4n) is 4.32. The highest BCUT2D eigenvalue weighted by Crippen LogP contribution is 2.32. The summed E-state index contributed by atoms with van der Waals surface area (Å²) in [7, 11) is 0. The first-order valence-corrected chi connectivity index (χ1v) is 11.8. The Morgan fingerprint density at radius 2 is 1.88 bits per heavy atom. The molecule has 0 aliphatic carbocycles. The molecule has 3 heterocycles. The summed E-state index contributed by atoms with van der Waals surface area (Å²) < 4.78 is 36.6. The van der Waals surface area contributed by atoms with Crippen LogP contribution in [0.3, 0.4) is 0 Å². The van der Waals surface area contributed by atoms with Gasteiger partial charge in [-0.15, -0.1) is 0 Å². The maximum absolute atomic E-state index is 15.0. The predicted molar refractivity (Wildman–Crippen MR) is 125 cm³/mol. The average Bonchev–Trinajstić information content (AvgIpc) is 3.40. The predicted octanol–water partition coefficient (Wildman–Crippen LogP) is 3.90. The molecule has 10 heteroatoms. The van der Waals surface area contributed by atoms with Gasteiger partial charge in [-0.1, -0.05) is 47.7 Å². The molecule has 1 fully saturated rings. The van der Waals surface area contributed by atoms with Gasteiger partial charge >= 0.3 is 11.0 Å². The van der Waals surface area contributed by atoms with Crippen LogP contribution in [-0.4, -0.2) is 46.5 Å². The lowest BCUT2D eigenvalue weighted by molar-refractivity contribution is 0.129. The quantitative estimate of drug-likeness (QED) is 0.531. The van der Waals surface area contributed by atoms with Gasteiger partial charge in [0.2, 0.25) is 0 Å². The average molecular weight is 485 g/mol. The number of carbonyl (C=O) groups excluding carboxylic acids is 1. The summed E-state index contributed by atoms with van der Waals surface area (Å²) in [5.74, 6) is -1.44. The van der Waals surface area contributed by atoms with Crippen molar-refractivity contribution in [2.45, 2.75) is 25.6 Å². The summed E-state index contributed by atoms with van der Waals surface area (Å²) in [5.41, 5.74) is 3.24. The normalized spacial score (nSPS) is 18.8. The minimum absolute atomic E-state index is 0.0544. The maximum Gasteiger partial charge on any atom is 0.414 e. The van der Waals surface area contributed by atoms with E-state index < -0.39 is 23.8 Å². The van der Waals surface area contributed by atoms with Gasteiger partial charge in [0.1, 0.15) is 23.2 Å². The molecule has 0 N–H and O–H groups in total. The van der Waals surface area contributed by atoms with E-state index in [9.17, 15) is 9.59 Å². The van der Waals surface area contributed by atoms with Gasteiger partial charge in [-0.3, -0.25) is 14.6 Å². The van der Waals surface area contributed by atoms with E-state index in [4.69, 9.17) is 4.74 Å². The molecule has 1 atom stereocenters. The van der Waals surface area contributed by atoms with E-state index in [-0.39, 0.29) is 29.2 Å². The Labute approximate surface area is 198 Å². The lowest BCUT2D eigenvalue weighted by Gasteiger charge is -2.27. The molecular formula is C24H22F2N4O3S. The third-order valence-electron chi connectivity index (χ3n) is 6.00. The van der Waals surface area contributed by atoms with Crippen LogP contribution < -0.4 is 9.77 Å². The summed E-state index contributed by atoms with van der Waals surface area (Å²) in [6.07, 6.45) is 1.03. The zero-order valence-electron chi connectivity index (χ0n) is 18.2. The molecule has 5 rings (SSSR count). The van der Waals surface area contributed by atoms with E-state index >= 15 is 8.78 Å². The van der Waals surface area contributed by atoms with Crippen LogP contribution in [0, 0.1) is 11.6 Å². The molecule has 2 aliphatic heterocycles. The van der Waals surface area contributed by atoms with Crippen molar-refractivity contribution >= 4 is 28.7 Å². The number of anilines is 1. The molecule has 0 unspecified atom stereocenters. The number of carbonyl (C=O) groups is 1. The van der Waals surface area contributed by atoms with Crippen LogP contribution in [0.5, 0.6) is 0 Å². The molecule has 0 bridgehead atoms. The smallest absolute Gasteiger partial charge is 0.414 e. The molecular weight excluding hydrogens is 462 g/mol. The Morgan fingerprint density at radius 3 is 2.53 bits per heavy atom. The van der Waals surface area contributed by atoms with Gasteiger partial charge in [0.05, 0.1) is 18.8 Å². The van der Waals surface area contributed by atoms with Crippen LogP contribution in [0.1, 0.15) is 17.5 Å². The Bertz CT molecular complexity index is 1270. The van der Waals surface area contributed by atoms with Gasteiger partial charge < -0.3 is 4.74 Å². The van der Waals surface area contributed by atoms with Crippen LogP contribution in [0.25, 0.3) is 5.57 Å². The molecule has 34 heavy (non-hydrogen) atoms. The first-order chi connectivity index (χ1) is 16.5. The fraction of sp³-hybridized carbons (Fsp3) is 0.292. The second-order valence-corrected chi connectivity index (χ2v) is 9.08. The first kappa shape index (κ1) is 22.4. The van der Waals surface area contributed by atoms with Crippen molar-refractivity contribution in [3.63, 3.8) is 0 Å². The molecule has 1 amide bonds. The monoisotopic (exact) mass is 484 g/mol. The number of rotatable bonds is 6. The minimum Gasteiger partial charge on any atom is -0.442 e. The third kappa shape index (κ3) is 4.64. The van der Waals surface area contributed by atoms with Gasteiger partial charge in [0.15, 0.2) is 0 Å². The van der Waals surface area contributed by atoms with Crippen molar-refractivity contribution < 1.29 is 18.3 Å².